The minimum absolute atomic E-state index is 0. The normalized spacial score (nSPS) is 25.1. The van der Waals surface area contributed by atoms with Gasteiger partial charge in [0.05, 0.1) is 5.88 Å². The van der Waals surface area contributed by atoms with Crippen LogP contribution in [0.5, 0.6) is 0 Å². The van der Waals surface area contributed by atoms with E-state index in [-0.39, 0.29) is 47.8 Å². The highest BCUT2D eigenvalue weighted by molar-refractivity contribution is 7.99. The molecule has 1 aliphatic heterocycles. The smallest absolute Gasteiger partial charge is 0.255 e. The number of halogens is 1. The van der Waals surface area contributed by atoms with Crippen molar-refractivity contribution in [2.24, 2.45) is 5.73 Å². The van der Waals surface area contributed by atoms with Crippen LogP contribution in [0.1, 0.15) is 62.4 Å². The second-order valence-electron chi connectivity index (χ2n) is 8.74. The van der Waals surface area contributed by atoms with Gasteiger partial charge in [0, 0.05) is 23.4 Å². The zero-order chi connectivity index (χ0) is 19.6. The first-order valence-electron chi connectivity index (χ1n) is 9.81. The SMILES string of the molecule is CC(C)(C)c1ccc(C(=O)N2CSCC2C(=O)NC2CCC(N)CC2)cc1.Cl. The Kier molecular flexibility index (Phi) is 7.82. The molecule has 1 aliphatic carbocycles. The molecule has 0 radical (unpaired) electrons. The number of nitrogens with zero attached hydrogens (tertiary/aromatic N) is 1. The number of rotatable bonds is 3. The first-order chi connectivity index (χ1) is 12.8. The summed E-state index contributed by atoms with van der Waals surface area (Å²) in [6.45, 7) is 6.46. The fourth-order valence-electron chi connectivity index (χ4n) is 3.70. The van der Waals surface area contributed by atoms with E-state index in [1.54, 1.807) is 16.7 Å². The van der Waals surface area contributed by atoms with Gasteiger partial charge in [0.15, 0.2) is 0 Å². The number of thioether (sulfide) groups is 1. The number of benzene rings is 1. The van der Waals surface area contributed by atoms with Crippen molar-refractivity contribution in [3.8, 4) is 0 Å². The van der Waals surface area contributed by atoms with Gasteiger partial charge in [-0.1, -0.05) is 32.9 Å². The monoisotopic (exact) mass is 425 g/mol. The maximum absolute atomic E-state index is 13.0. The topological polar surface area (TPSA) is 75.4 Å². The highest BCUT2D eigenvalue weighted by Crippen LogP contribution is 2.26. The molecular weight excluding hydrogens is 394 g/mol. The van der Waals surface area contributed by atoms with Gasteiger partial charge in [0.1, 0.15) is 6.04 Å². The van der Waals surface area contributed by atoms with Crippen molar-refractivity contribution in [3.63, 3.8) is 0 Å². The van der Waals surface area contributed by atoms with Crippen molar-refractivity contribution < 1.29 is 9.59 Å². The maximum Gasteiger partial charge on any atom is 0.255 e. The Morgan fingerprint density at radius 3 is 2.29 bits per heavy atom. The highest BCUT2D eigenvalue weighted by atomic mass is 35.5. The molecule has 1 saturated carbocycles. The number of nitrogens with two attached hydrogens (primary N) is 1. The quantitative estimate of drug-likeness (QED) is 0.778. The Balaban J connectivity index is 0.00000280. The van der Waals surface area contributed by atoms with Crippen molar-refractivity contribution in [2.75, 3.05) is 11.6 Å². The first-order valence-corrected chi connectivity index (χ1v) is 11.0. The van der Waals surface area contributed by atoms with Crippen LogP contribution in [-0.2, 0) is 10.2 Å². The Bertz CT molecular complexity index is 682. The van der Waals surface area contributed by atoms with E-state index in [9.17, 15) is 9.59 Å². The summed E-state index contributed by atoms with van der Waals surface area (Å²) in [5.41, 5.74) is 7.84. The van der Waals surface area contributed by atoms with Gasteiger partial charge in [-0.05, 0) is 48.8 Å². The van der Waals surface area contributed by atoms with E-state index in [0.717, 1.165) is 25.7 Å². The number of hydrogen-bond donors (Lipinski definition) is 2. The van der Waals surface area contributed by atoms with Crippen LogP contribution in [0.15, 0.2) is 24.3 Å². The van der Waals surface area contributed by atoms with Crippen LogP contribution in [-0.4, -0.2) is 46.5 Å². The molecule has 3 rings (SSSR count). The Hall–Kier alpha value is -1.24. The van der Waals surface area contributed by atoms with Gasteiger partial charge in [-0.15, -0.1) is 24.2 Å². The molecule has 5 nitrogen and oxygen atoms in total. The van der Waals surface area contributed by atoms with Crippen LogP contribution >= 0.6 is 24.2 Å². The molecule has 1 unspecified atom stereocenters. The molecule has 0 bridgehead atoms. The van der Waals surface area contributed by atoms with Gasteiger partial charge in [0.25, 0.3) is 5.91 Å². The zero-order valence-corrected chi connectivity index (χ0v) is 18.6. The summed E-state index contributed by atoms with van der Waals surface area (Å²) >= 11 is 1.64. The molecule has 0 spiro atoms. The minimum atomic E-state index is -0.389. The molecular formula is C21H32ClN3O2S. The predicted molar refractivity (Wildman–Crippen MR) is 118 cm³/mol. The van der Waals surface area contributed by atoms with E-state index >= 15 is 0 Å². The maximum atomic E-state index is 13.0. The van der Waals surface area contributed by atoms with Crippen LogP contribution in [0, 0.1) is 0 Å². The molecule has 0 aromatic heterocycles. The number of carbonyl (C=O) groups excluding carboxylic acids is 2. The summed E-state index contributed by atoms with van der Waals surface area (Å²) in [5, 5.41) is 3.14. The average molecular weight is 426 g/mol. The third kappa shape index (κ3) is 5.43. The van der Waals surface area contributed by atoms with Gasteiger partial charge in [-0.25, -0.2) is 0 Å². The van der Waals surface area contributed by atoms with E-state index in [1.807, 2.05) is 24.3 Å². The average Bonchev–Trinajstić information content (AvgIpc) is 3.12. The van der Waals surface area contributed by atoms with Crippen molar-refractivity contribution in [1.29, 1.82) is 0 Å². The molecule has 28 heavy (non-hydrogen) atoms. The Labute approximate surface area is 178 Å². The van der Waals surface area contributed by atoms with Crippen molar-refractivity contribution >= 4 is 36.0 Å². The fourth-order valence-corrected chi connectivity index (χ4v) is 4.85. The van der Waals surface area contributed by atoms with Gasteiger partial charge < -0.3 is 16.0 Å². The van der Waals surface area contributed by atoms with E-state index in [1.165, 1.54) is 5.56 Å². The van der Waals surface area contributed by atoms with Gasteiger partial charge in [-0.3, -0.25) is 9.59 Å². The molecule has 1 saturated heterocycles. The van der Waals surface area contributed by atoms with Crippen molar-refractivity contribution in [3.05, 3.63) is 35.4 Å². The number of hydrogen-bond acceptors (Lipinski definition) is 4. The minimum Gasteiger partial charge on any atom is -0.352 e. The third-order valence-electron chi connectivity index (χ3n) is 5.56. The lowest BCUT2D eigenvalue weighted by atomic mass is 9.86. The molecule has 3 N–H and O–H groups in total. The number of carbonyl (C=O) groups is 2. The second kappa shape index (κ2) is 9.51. The summed E-state index contributed by atoms with van der Waals surface area (Å²) < 4.78 is 0. The highest BCUT2D eigenvalue weighted by Gasteiger charge is 2.36. The molecule has 1 heterocycles. The van der Waals surface area contributed by atoms with E-state index < -0.39 is 0 Å². The summed E-state index contributed by atoms with van der Waals surface area (Å²) in [5.74, 6) is 1.13. The summed E-state index contributed by atoms with van der Waals surface area (Å²) in [4.78, 5) is 27.5. The molecule has 156 valence electrons. The van der Waals surface area contributed by atoms with Gasteiger partial charge >= 0.3 is 0 Å². The number of amides is 2. The summed E-state index contributed by atoms with van der Waals surface area (Å²) in [6.07, 6.45) is 3.75. The number of nitrogens with one attached hydrogen (secondary N) is 1. The second-order valence-corrected chi connectivity index (χ2v) is 9.74. The van der Waals surface area contributed by atoms with Crippen molar-refractivity contribution in [2.45, 2.75) is 70.0 Å². The van der Waals surface area contributed by atoms with Gasteiger partial charge in [-0.2, -0.15) is 0 Å². The Morgan fingerprint density at radius 1 is 1.11 bits per heavy atom. The van der Waals surface area contributed by atoms with E-state index in [4.69, 9.17) is 5.73 Å². The molecule has 1 aromatic carbocycles. The summed E-state index contributed by atoms with van der Waals surface area (Å²) in [7, 11) is 0. The molecule has 7 heteroatoms. The van der Waals surface area contributed by atoms with Crippen LogP contribution < -0.4 is 11.1 Å². The zero-order valence-electron chi connectivity index (χ0n) is 16.9. The van der Waals surface area contributed by atoms with Crippen molar-refractivity contribution in [1.82, 2.24) is 10.2 Å². The molecule has 1 atom stereocenters. The standard InChI is InChI=1S/C21H31N3O2S.ClH/c1-21(2,3)15-6-4-14(5-7-15)20(26)24-13-27-12-18(24)19(25)23-17-10-8-16(22)9-11-17;/h4-7,16-18H,8-13,22H2,1-3H3,(H,23,25);1H. The molecule has 2 fully saturated rings. The largest absolute Gasteiger partial charge is 0.352 e. The van der Waals surface area contributed by atoms with Crippen LogP contribution in [0.2, 0.25) is 0 Å². The lowest BCUT2D eigenvalue weighted by molar-refractivity contribution is -0.125. The summed E-state index contributed by atoms with van der Waals surface area (Å²) in [6, 6.07) is 7.83. The first kappa shape index (κ1) is 23.0. The van der Waals surface area contributed by atoms with Crippen LogP contribution in [0.4, 0.5) is 0 Å². The lowest BCUT2D eigenvalue weighted by Gasteiger charge is -2.29. The molecule has 2 amide bonds. The lowest BCUT2D eigenvalue weighted by Crippen LogP contribution is -2.51. The molecule has 2 aliphatic rings. The third-order valence-corrected chi connectivity index (χ3v) is 6.57. The molecule has 1 aromatic rings. The Morgan fingerprint density at radius 2 is 1.71 bits per heavy atom. The van der Waals surface area contributed by atoms with Crippen LogP contribution in [0.25, 0.3) is 0 Å². The fraction of sp³-hybridized carbons (Fsp3) is 0.619. The van der Waals surface area contributed by atoms with Crippen LogP contribution in [0.3, 0.4) is 0 Å². The predicted octanol–water partition coefficient (Wildman–Crippen LogP) is 3.31. The van der Waals surface area contributed by atoms with Gasteiger partial charge in [0.2, 0.25) is 5.91 Å². The van der Waals surface area contributed by atoms with E-state index in [2.05, 4.69) is 26.1 Å². The van der Waals surface area contributed by atoms with E-state index in [0.29, 0.717) is 17.2 Å².